The van der Waals surface area contributed by atoms with Crippen LogP contribution in [-0.2, 0) is 12.8 Å². The number of thiazole rings is 1. The van der Waals surface area contributed by atoms with Crippen LogP contribution in [0.5, 0.6) is 0 Å². The summed E-state index contributed by atoms with van der Waals surface area (Å²) in [5, 5.41) is 10.1. The third-order valence-corrected chi connectivity index (χ3v) is 3.98. The zero-order valence-electron chi connectivity index (χ0n) is 12.0. The van der Waals surface area contributed by atoms with Crippen molar-refractivity contribution in [3.63, 3.8) is 0 Å². The summed E-state index contributed by atoms with van der Waals surface area (Å²) < 4.78 is 0. The zero-order valence-corrected chi connectivity index (χ0v) is 12.8. The van der Waals surface area contributed by atoms with Gasteiger partial charge in [-0.3, -0.25) is 4.90 Å². The van der Waals surface area contributed by atoms with Gasteiger partial charge in [-0.2, -0.15) is 0 Å². The van der Waals surface area contributed by atoms with Crippen LogP contribution in [0.4, 0.5) is 0 Å². The van der Waals surface area contributed by atoms with Gasteiger partial charge in [0.15, 0.2) is 0 Å². The van der Waals surface area contributed by atoms with Gasteiger partial charge in [-0.05, 0) is 6.42 Å². The SMILES string of the molecule is C=CCN(CC=C)CCc1nc(CCC)c(C(=O)O)s1. The van der Waals surface area contributed by atoms with E-state index in [2.05, 4.69) is 23.0 Å². The van der Waals surface area contributed by atoms with E-state index in [1.807, 2.05) is 19.1 Å². The van der Waals surface area contributed by atoms with Crippen LogP contribution in [0.25, 0.3) is 0 Å². The van der Waals surface area contributed by atoms with Crippen LogP contribution in [0.3, 0.4) is 0 Å². The fourth-order valence-electron chi connectivity index (χ4n) is 1.96. The van der Waals surface area contributed by atoms with Crippen LogP contribution in [0, 0.1) is 0 Å². The third kappa shape index (κ3) is 4.90. The van der Waals surface area contributed by atoms with E-state index in [0.717, 1.165) is 49.6 Å². The number of carboxylic acid groups (broad SMARTS) is 1. The molecule has 4 nitrogen and oxygen atoms in total. The first-order valence-corrected chi connectivity index (χ1v) is 7.60. The maximum Gasteiger partial charge on any atom is 0.347 e. The molecule has 0 saturated carbocycles. The van der Waals surface area contributed by atoms with Crippen LogP contribution >= 0.6 is 11.3 Å². The molecule has 0 radical (unpaired) electrons. The lowest BCUT2D eigenvalue weighted by Crippen LogP contribution is -2.26. The minimum atomic E-state index is -0.869. The van der Waals surface area contributed by atoms with Gasteiger partial charge in [0.2, 0.25) is 0 Å². The zero-order chi connectivity index (χ0) is 15.0. The molecule has 0 aliphatic heterocycles. The molecule has 0 aromatic carbocycles. The predicted molar refractivity (Wildman–Crippen MR) is 83.6 cm³/mol. The Labute approximate surface area is 124 Å². The molecule has 0 bridgehead atoms. The molecule has 20 heavy (non-hydrogen) atoms. The first-order valence-electron chi connectivity index (χ1n) is 6.78. The standard InChI is InChI=1S/C15H22N2O2S/c1-4-7-12-14(15(18)19)20-13(16-12)8-11-17(9-5-2)10-6-3/h5-6H,2-4,7-11H2,1H3,(H,18,19). The number of hydrogen-bond acceptors (Lipinski definition) is 4. The molecule has 1 heterocycles. The van der Waals surface area contributed by atoms with Crippen molar-refractivity contribution in [1.82, 2.24) is 9.88 Å². The molecule has 0 fully saturated rings. The van der Waals surface area contributed by atoms with E-state index in [1.54, 1.807) is 0 Å². The van der Waals surface area contributed by atoms with E-state index in [4.69, 9.17) is 0 Å². The first kappa shape index (κ1) is 16.6. The lowest BCUT2D eigenvalue weighted by Gasteiger charge is -2.17. The Hall–Kier alpha value is -1.46. The quantitative estimate of drug-likeness (QED) is 0.674. The molecule has 110 valence electrons. The van der Waals surface area contributed by atoms with Gasteiger partial charge in [-0.25, -0.2) is 9.78 Å². The van der Waals surface area contributed by atoms with Gasteiger partial charge in [0.25, 0.3) is 0 Å². The highest BCUT2D eigenvalue weighted by Gasteiger charge is 2.16. The van der Waals surface area contributed by atoms with E-state index in [0.29, 0.717) is 4.88 Å². The Kier molecular flexibility index (Phi) is 7.18. The largest absolute Gasteiger partial charge is 0.477 e. The summed E-state index contributed by atoms with van der Waals surface area (Å²) >= 11 is 1.30. The number of hydrogen-bond donors (Lipinski definition) is 1. The van der Waals surface area contributed by atoms with E-state index < -0.39 is 5.97 Å². The Morgan fingerprint density at radius 1 is 1.35 bits per heavy atom. The molecule has 1 rings (SSSR count). The lowest BCUT2D eigenvalue weighted by atomic mass is 10.2. The predicted octanol–water partition coefficient (Wildman–Crippen LogP) is 3.01. The average Bonchev–Trinajstić information content (AvgIpc) is 2.80. The molecular formula is C15H22N2O2S. The Balaban J connectivity index is 2.71. The fourth-order valence-corrected chi connectivity index (χ4v) is 2.89. The topological polar surface area (TPSA) is 53.4 Å². The van der Waals surface area contributed by atoms with Gasteiger partial charge in [0.1, 0.15) is 4.88 Å². The second-order valence-corrected chi connectivity index (χ2v) is 5.61. The molecule has 0 spiro atoms. The van der Waals surface area contributed by atoms with Crippen LogP contribution in [0.1, 0.15) is 33.7 Å². The number of aryl methyl sites for hydroxylation is 1. The van der Waals surface area contributed by atoms with Crippen LogP contribution in [0.2, 0.25) is 0 Å². The molecule has 1 N–H and O–H groups in total. The van der Waals surface area contributed by atoms with E-state index in [-0.39, 0.29) is 0 Å². The lowest BCUT2D eigenvalue weighted by molar-refractivity contribution is 0.0700. The highest BCUT2D eigenvalue weighted by molar-refractivity contribution is 7.13. The summed E-state index contributed by atoms with van der Waals surface area (Å²) in [6, 6.07) is 0. The Morgan fingerprint density at radius 2 is 2.00 bits per heavy atom. The highest BCUT2D eigenvalue weighted by atomic mass is 32.1. The van der Waals surface area contributed by atoms with Crippen molar-refractivity contribution in [1.29, 1.82) is 0 Å². The molecule has 0 aliphatic rings. The molecule has 0 amide bonds. The molecule has 0 saturated heterocycles. The van der Waals surface area contributed by atoms with Crippen molar-refractivity contribution in [3.05, 3.63) is 40.9 Å². The fraction of sp³-hybridized carbons (Fsp3) is 0.467. The molecule has 0 atom stereocenters. The smallest absolute Gasteiger partial charge is 0.347 e. The van der Waals surface area contributed by atoms with Gasteiger partial charge in [0, 0.05) is 26.1 Å². The van der Waals surface area contributed by atoms with Crippen molar-refractivity contribution < 1.29 is 9.90 Å². The molecule has 0 unspecified atom stereocenters. The molecule has 1 aromatic heterocycles. The van der Waals surface area contributed by atoms with Crippen LogP contribution in [-0.4, -0.2) is 40.6 Å². The average molecular weight is 294 g/mol. The summed E-state index contributed by atoms with van der Waals surface area (Å²) in [4.78, 5) is 18.2. The number of aromatic carboxylic acids is 1. The summed E-state index contributed by atoms with van der Waals surface area (Å²) in [6.07, 6.45) is 6.10. The minimum Gasteiger partial charge on any atom is -0.477 e. The van der Waals surface area contributed by atoms with Crippen molar-refractivity contribution in [2.24, 2.45) is 0 Å². The second kappa shape index (κ2) is 8.66. The number of carbonyl (C=O) groups is 1. The summed E-state index contributed by atoms with van der Waals surface area (Å²) in [6.45, 7) is 11.9. The molecular weight excluding hydrogens is 272 g/mol. The molecule has 1 aromatic rings. The van der Waals surface area contributed by atoms with Gasteiger partial charge < -0.3 is 5.11 Å². The number of rotatable bonds is 10. The van der Waals surface area contributed by atoms with Gasteiger partial charge in [0.05, 0.1) is 10.7 Å². The Bertz CT molecular complexity index is 458. The first-order chi connectivity index (χ1) is 9.62. The number of nitrogens with zero attached hydrogens (tertiary/aromatic N) is 2. The second-order valence-electron chi connectivity index (χ2n) is 4.53. The van der Waals surface area contributed by atoms with Crippen molar-refractivity contribution in [2.45, 2.75) is 26.2 Å². The van der Waals surface area contributed by atoms with Gasteiger partial charge in [-0.1, -0.05) is 25.5 Å². The molecule has 5 heteroatoms. The monoisotopic (exact) mass is 294 g/mol. The maximum atomic E-state index is 11.2. The summed E-state index contributed by atoms with van der Waals surface area (Å²) in [5.41, 5.74) is 0.721. The van der Waals surface area contributed by atoms with Gasteiger partial charge >= 0.3 is 5.97 Å². The van der Waals surface area contributed by atoms with Crippen molar-refractivity contribution in [2.75, 3.05) is 19.6 Å². The van der Waals surface area contributed by atoms with E-state index in [9.17, 15) is 9.90 Å². The van der Waals surface area contributed by atoms with Crippen LogP contribution in [0.15, 0.2) is 25.3 Å². The summed E-state index contributed by atoms with van der Waals surface area (Å²) in [7, 11) is 0. The number of aromatic nitrogens is 1. The maximum absolute atomic E-state index is 11.2. The van der Waals surface area contributed by atoms with Crippen LogP contribution < -0.4 is 0 Å². The third-order valence-electron chi connectivity index (χ3n) is 2.84. The minimum absolute atomic E-state index is 0.390. The normalized spacial score (nSPS) is 10.7. The van der Waals surface area contributed by atoms with Crippen molar-refractivity contribution >= 4 is 17.3 Å². The number of carboxylic acids is 1. The Morgan fingerprint density at radius 3 is 2.50 bits per heavy atom. The van der Waals surface area contributed by atoms with E-state index in [1.165, 1.54) is 11.3 Å². The van der Waals surface area contributed by atoms with E-state index >= 15 is 0 Å². The van der Waals surface area contributed by atoms with Crippen molar-refractivity contribution in [3.8, 4) is 0 Å². The highest BCUT2D eigenvalue weighted by Crippen LogP contribution is 2.20. The molecule has 0 aliphatic carbocycles. The van der Waals surface area contributed by atoms with Gasteiger partial charge in [-0.15, -0.1) is 24.5 Å². The summed E-state index contributed by atoms with van der Waals surface area (Å²) in [5.74, 6) is -0.869.